The highest BCUT2D eigenvalue weighted by molar-refractivity contribution is 7.51. The minimum Gasteiger partial charge on any atom is -0.496 e. The van der Waals surface area contributed by atoms with Crippen LogP contribution >= 0.6 is 8.58 Å². The van der Waals surface area contributed by atoms with Crippen LogP contribution < -0.4 is 4.74 Å². The molecule has 4 rings (SSSR count). The molecule has 1 aromatic carbocycles. The molecule has 2 atom stereocenters. The number of likely N-dealkylation sites (N-methyl/N-ethyl adjacent to an activating group) is 1. The maximum Gasteiger partial charge on any atom is 0.252 e. The van der Waals surface area contributed by atoms with Crippen molar-refractivity contribution in [2.24, 2.45) is 5.92 Å². The van der Waals surface area contributed by atoms with E-state index in [9.17, 15) is 4.79 Å². The Morgan fingerprint density at radius 3 is 2.62 bits per heavy atom. The Bertz CT molecular complexity index is 958. The molecule has 172 valence electrons. The summed E-state index contributed by atoms with van der Waals surface area (Å²) in [5, 5.41) is 1.12. The van der Waals surface area contributed by atoms with E-state index >= 15 is 0 Å². The van der Waals surface area contributed by atoms with Gasteiger partial charge in [-0.15, -0.1) is 0 Å². The van der Waals surface area contributed by atoms with E-state index in [-0.39, 0.29) is 11.7 Å². The summed E-state index contributed by atoms with van der Waals surface area (Å²) in [7, 11) is 4.36. The number of hydrogen-bond donors (Lipinski definition) is 0. The van der Waals surface area contributed by atoms with E-state index in [1.165, 1.54) is 17.6 Å². The topological polar surface area (TPSA) is 32.8 Å². The molecule has 32 heavy (non-hydrogen) atoms. The maximum atomic E-state index is 12.8. The summed E-state index contributed by atoms with van der Waals surface area (Å²) in [5.41, 5.74) is 4.72. The third-order valence-electron chi connectivity index (χ3n) is 6.17. The first-order valence-corrected chi connectivity index (χ1v) is 12.6. The monoisotopic (exact) mass is 452 g/mol. The van der Waals surface area contributed by atoms with Crippen molar-refractivity contribution in [3.8, 4) is 5.75 Å². The number of nitrogens with zero attached hydrogens (tertiary/aromatic N) is 2. The Balaban J connectivity index is 0.000000523. The fraction of sp³-hybridized carbons (Fsp3) is 0.444. The zero-order valence-corrected chi connectivity index (χ0v) is 21.3. The molecule has 1 aromatic rings. The number of hydrogen-bond acceptors (Lipinski definition) is 3. The normalized spacial score (nSPS) is 21.5. The van der Waals surface area contributed by atoms with Gasteiger partial charge in [0.2, 0.25) is 0 Å². The fourth-order valence-corrected chi connectivity index (χ4v) is 5.09. The lowest BCUT2D eigenvalue weighted by Gasteiger charge is -2.35. The van der Waals surface area contributed by atoms with Crippen molar-refractivity contribution in [1.29, 1.82) is 0 Å². The first-order chi connectivity index (χ1) is 15.3. The van der Waals surface area contributed by atoms with E-state index in [2.05, 4.69) is 57.0 Å². The van der Waals surface area contributed by atoms with E-state index in [1.807, 2.05) is 30.2 Å². The van der Waals surface area contributed by atoms with Gasteiger partial charge in [0.25, 0.3) is 5.91 Å². The van der Waals surface area contributed by atoms with Gasteiger partial charge in [-0.1, -0.05) is 60.1 Å². The van der Waals surface area contributed by atoms with Crippen LogP contribution in [0, 0.1) is 12.8 Å². The van der Waals surface area contributed by atoms with Gasteiger partial charge in [-0.05, 0) is 66.0 Å². The molecule has 3 aliphatic rings. The summed E-state index contributed by atoms with van der Waals surface area (Å²) in [6, 6.07) is 6.14. The van der Waals surface area contributed by atoms with Gasteiger partial charge in [0, 0.05) is 25.4 Å². The number of fused-ring (bicyclic) bond motifs is 1. The highest BCUT2D eigenvalue weighted by Gasteiger charge is 2.29. The van der Waals surface area contributed by atoms with Crippen molar-refractivity contribution < 1.29 is 9.53 Å². The highest BCUT2D eigenvalue weighted by atomic mass is 31.1. The number of carbonyl (C=O) groups is 1. The van der Waals surface area contributed by atoms with Crippen molar-refractivity contribution >= 4 is 19.8 Å². The van der Waals surface area contributed by atoms with Gasteiger partial charge in [0.05, 0.1) is 12.9 Å². The van der Waals surface area contributed by atoms with Crippen molar-refractivity contribution in [1.82, 2.24) is 9.80 Å². The van der Waals surface area contributed by atoms with Crippen LogP contribution in [0.1, 0.15) is 44.7 Å². The number of methoxy groups -OCH3 is 1. The van der Waals surface area contributed by atoms with Crippen molar-refractivity contribution in [3.05, 3.63) is 71.0 Å². The molecular weight excluding hydrogens is 415 g/mol. The first kappa shape index (κ1) is 24.5. The third kappa shape index (κ3) is 5.99. The fourth-order valence-electron chi connectivity index (χ4n) is 3.71. The molecule has 0 saturated heterocycles. The number of benzene rings is 1. The van der Waals surface area contributed by atoms with Crippen LogP contribution in [0.25, 0.3) is 5.31 Å². The molecule has 3 heterocycles. The maximum absolute atomic E-state index is 12.8. The number of amides is 1. The molecule has 0 aromatic heterocycles. The number of rotatable bonds is 4. The SMILES string of the molecule is CCC(C)C.COc1ccc(C2=CC(=O)N3C=C(C4=CCN(C)CC4)C=CC3P2)cc1C. The summed E-state index contributed by atoms with van der Waals surface area (Å²) >= 11 is 0. The van der Waals surface area contributed by atoms with Crippen molar-refractivity contribution in [3.63, 3.8) is 0 Å². The lowest BCUT2D eigenvalue weighted by Crippen LogP contribution is -2.35. The van der Waals surface area contributed by atoms with Crippen LogP contribution in [0.4, 0.5) is 0 Å². The predicted molar refractivity (Wildman–Crippen MR) is 137 cm³/mol. The number of ether oxygens (including phenoxy) is 1. The molecule has 4 nitrogen and oxygen atoms in total. The van der Waals surface area contributed by atoms with Gasteiger partial charge in [0.15, 0.2) is 0 Å². The Morgan fingerprint density at radius 1 is 1.28 bits per heavy atom. The molecule has 1 amide bonds. The van der Waals surface area contributed by atoms with E-state index in [0.29, 0.717) is 8.58 Å². The zero-order valence-electron chi connectivity index (χ0n) is 20.3. The molecule has 5 heteroatoms. The molecular formula is C27H37N2O2P. The molecule has 0 fully saturated rings. The van der Waals surface area contributed by atoms with Gasteiger partial charge >= 0.3 is 0 Å². The lowest BCUT2D eigenvalue weighted by atomic mass is 9.98. The minimum atomic E-state index is 0.0672. The summed E-state index contributed by atoms with van der Waals surface area (Å²) in [5.74, 6) is 1.95. The van der Waals surface area contributed by atoms with Crippen LogP contribution in [0.5, 0.6) is 5.75 Å². The molecule has 0 bridgehead atoms. The Labute approximate surface area is 195 Å². The standard InChI is InChI=1S/C22H25N2O2P.C5H12/c1-15-12-17(4-6-19(15)26-3)20-13-21(25)24-14-18(5-7-22(24)27-20)16-8-10-23(2)11-9-16;1-4-5(2)3/h4-8,12-14,22,27H,9-11H2,1-3H3;5H,4H2,1-3H3. The minimum absolute atomic E-state index is 0.0672. The molecule has 2 unspecified atom stereocenters. The van der Waals surface area contributed by atoms with Crippen molar-refractivity contribution in [2.75, 3.05) is 27.2 Å². The number of carbonyl (C=O) groups excluding carboxylic acids is 1. The van der Waals surface area contributed by atoms with E-state index in [1.54, 1.807) is 13.2 Å². The Kier molecular flexibility index (Phi) is 8.51. The second-order valence-corrected chi connectivity index (χ2v) is 10.5. The molecule has 0 spiro atoms. The highest BCUT2D eigenvalue weighted by Crippen LogP contribution is 2.45. The summed E-state index contributed by atoms with van der Waals surface area (Å²) in [6.45, 7) is 10.7. The summed E-state index contributed by atoms with van der Waals surface area (Å²) < 4.78 is 5.35. The molecule has 0 N–H and O–H groups in total. The van der Waals surface area contributed by atoms with Crippen LogP contribution in [0.2, 0.25) is 0 Å². The largest absolute Gasteiger partial charge is 0.496 e. The smallest absolute Gasteiger partial charge is 0.252 e. The first-order valence-electron chi connectivity index (χ1n) is 11.6. The second-order valence-electron chi connectivity index (χ2n) is 9.06. The van der Waals surface area contributed by atoms with E-state index in [4.69, 9.17) is 4.74 Å². The predicted octanol–water partition coefficient (Wildman–Crippen LogP) is 5.96. The average Bonchev–Trinajstić information content (AvgIpc) is 2.79. The van der Waals surface area contributed by atoms with Crippen LogP contribution in [-0.2, 0) is 4.79 Å². The third-order valence-corrected chi connectivity index (χ3v) is 7.68. The number of aryl methyl sites for hydroxylation is 1. The molecule has 0 aliphatic carbocycles. The van der Waals surface area contributed by atoms with Crippen LogP contribution in [0.3, 0.4) is 0 Å². The zero-order chi connectivity index (χ0) is 23.3. The van der Waals surface area contributed by atoms with E-state index < -0.39 is 0 Å². The molecule has 0 radical (unpaired) electrons. The van der Waals surface area contributed by atoms with Gasteiger partial charge in [-0.2, -0.15) is 0 Å². The second kappa shape index (κ2) is 11.1. The number of allylic oxidation sites excluding steroid dienone is 2. The van der Waals surface area contributed by atoms with Gasteiger partial charge in [0.1, 0.15) is 5.75 Å². The van der Waals surface area contributed by atoms with Crippen molar-refractivity contribution in [2.45, 2.75) is 46.3 Å². The lowest BCUT2D eigenvalue weighted by molar-refractivity contribution is -0.123. The average molecular weight is 453 g/mol. The van der Waals surface area contributed by atoms with Gasteiger partial charge in [-0.3, -0.25) is 4.79 Å². The molecule has 3 aliphatic heterocycles. The van der Waals surface area contributed by atoms with Crippen LogP contribution in [-0.4, -0.2) is 48.7 Å². The summed E-state index contributed by atoms with van der Waals surface area (Å²) in [4.78, 5) is 17.0. The Morgan fingerprint density at radius 2 is 2.03 bits per heavy atom. The quantitative estimate of drug-likeness (QED) is 0.529. The van der Waals surface area contributed by atoms with Gasteiger partial charge < -0.3 is 14.5 Å². The van der Waals surface area contributed by atoms with Crippen LogP contribution in [0.15, 0.2) is 59.8 Å². The Hall–Kier alpha value is -2.16. The summed E-state index contributed by atoms with van der Waals surface area (Å²) in [6.07, 6.45) is 12.8. The van der Waals surface area contributed by atoms with Gasteiger partial charge in [-0.25, -0.2) is 0 Å². The molecule has 0 saturated carbocycles. The van der Waals surface area contributed by atoms with E-state index in [0.717, 1.165) is 47.6 Å².